The molecular weight excluding hydrogens is 207 g/mol. The summed E-state index contributed by atoms with van der Waals surface area (Å²) in [5.41, 5.74) is 5.02. The highest BCUT2D eigenvalue weighted by Crippen LogP contribution is 2.40. The summed E-state index contributed by atoms with van der Waals surface area (Å²) in [6.45, 7) is -0.0709. The van der Waals surface area contributed by atoms with E-state index in [4.69, 9.17) is 5.73 Å². The number of aromatic hydroxyl groups is 1. The molecule has 0 amide bonds. The highest BCUT2D eigenvalue weighted by Gasteiger charge is 2.41. The van der Waals surface area contributed by atoms with Gasteiger partial charge in [-0.3, -0.25) is 0 Å². The maximum absolute atomic E-state index is 12.6. The number of nitrogens with two attached hydrogens (primary N) is 1. The molecule has 0 radical (unpaired) electrons. The lowest BCUT2D eigenvalue weighted by molar-refractivity contribution is -0.151. The molecule has 1 rings (SSSR count). The monoisotopic (exact) mass is 219 g/mol. The summed E-state index contributed by atoms with van der Waals surface area (Å²) in [5, 5.41) is 9.33. The molecule has 1 aromatic carbocycles. The summed E-state index contributed by atoms with van der Waals surface area (Å²) in [6.07, 6.45) is -4.60. The van der Waals surface area contributed by atoms with E-state index in [1.807, 2.05) is 0 Å². The lowest BCUT2D eigenvalue weighted by Gasteiger charge is -2.20. The van der Waals surface area contributed by atoms with Crippen molar-refractivity contribution in [3.05, 3.63) is 29.8 Å². The molecule has 0 saturated carbocycles. The molecule has 0 spiro atoms. The average Bonchev–Trinajstić information content (AvgIpc) is 2.14. The van der Waals surface area contributed by atoms with Crippen LogP contribution in [0.2, 0.25) is 0 Å². The van der Waals surface area contributed by atoms with Crippen LogP contribution in [0.3, 0.4) is 0 Å². The molecule has 0 aromatic heterocycles. The fourth-order valence-corrected chi connectivity index (χ4v) is 1.44. The zero-order valence-corrected chi connectivity index (χ0v) is 7.96. The van der Waals surface area contributed by atoms with E-state index in [1.165, 1.54) is 24.3 Å². The number of hydrogen-bond donors (Lipinski definition) is 2. The van der Waals surface area contributed by atoms with Crippen LogP contribution >= 0.6 is 0 Å². The van der Waals surface area contributed by atoms with E-state index in [0.29, 0.717) is 0 Å². The van der Waals surface area contributed by atoms with Crippen LogP contribution in [0.4, 0.5) is 13.2 Å². The second-order valence-corrected chi connectivity index (χ2v) is 3.23. The minimum absolute atomic E-state index is 0.0709. The SMILES string of the molecule is NCCC(c1ccccc1O)C(F)(F)F. The van der Waals surface area contributed by atoms with Gasteiger partial charge in [-0.1, -0.05) is 18.2 Å². The average molecular weight is 219 g/mol. The van der Waals surface area contributed by atoms with Crippen LogP contribution in [0.5, 0.6) is 5.75 Å². The molecule has 84 valence electrons. The molecule has 0 heterocycles. The molecule has 5 heteroatoms. The minimum atomic E-state index is -4.38. The summed E-state index contributed by atoms with van der Waals surface area (Å²) in [7, 11) is 0. The Morgan fingerprint density at radius 1 is 1.27 bits per heavy atom. The van der Waals surface area contributed by atoms with Gasteiger partial charge in [-0.15, -0.1) is 0 Å². The smallest absolute Gasteiger partial charge is 0.395 e. The fourth-order valence-electron chi connectivity index (χ4n) is 1.44. The van der Waals surface area contributed by atoms with Gasteiger partial charge in [0, 0.05) is 5.56 Å². The second-order valence-electron chi connectivity index (χ2n) is 3.23. The van der Waals surface area contributed by atoms with Gasteiger partial charge in [0.1, 0.15) is 5.75 Å². The van der Waals surface area contributed by atoms with E-state index < -0.39 is 12.1 Å². The largest absolute Gasteiger partial charge is 0.508 e. The zero-order chi connectivity index (χ0) is 11.5. The quantitative estimate of drug-likeness (QED) is 0.819. The van der Waals surface area contributed by atoms with Crippen LogP contribution in [0.15, 0.2) is 24.3 Å². The zero-order valence-electron chi connectivity index (χ0n) is 7.96. The van der Waals surface area contributed by atoms with Gasteiger partial charge in [0.25, 0.3) is 0 Å². The van der Waals surface area contributed by atoms with Gasteiger partial charge in [-0.2, -0.15) is 13.2 Å². The molecule has 1 unspecified atom stereocenters. The Hall–Kier alpha value is -1.23. The van der Waals surface area contributed by atoms with Crippen molar-refractivity contribution in [1.82, 2.24) is 0 Å². The Kier molecular flexibility index (Phi) is 3.57. The summed E-state index contributed by atoms with van der Waals surface area (Å²) >= 11 is 0. The van der Waals surface area contributed by atoms with Crippen molar-refractivity contribution in [3.8, 4) is 5.75 Å². The maximum atomic E-state index is 12.6. The number of phenolic OH excluding ortho intramolecular Hbond substituents is 1. The van der Waals surface area contributed by atoms with Crippen molar-refractivity contribution < 1.29 is 18.3 Å². The first kappa shape index (κ1) is 11.8. The van der Waals surface area contributed by atoms with Gasteiger partial charge in [0.2, 0.25) is 0 Å². The third-order valence-corrected chi connectivity index (χ3v) is 2.16. The summed E-state index contributed by atoms with van der Waals surface area (Å²) < 4.78 is 37.8. The third kappa shape index (κ3) is 2.86. The Morgan fingerprint density at radius 2 is 1.87 bits per heavy atom. The van der Waals surface area contributed by atoms with Crippen LogP contribution in [0.25, 0.3) is 0 Å². The lowest BCUT2D eigenvalue weighted by atomic mass is 9.94. The molecule has 0 aliphatic rings. The van der Waals surface area contributed by atoms with Crippen molar-refractivity contribution in [2.75, 3.05) is 6.54 Å². The van der Waals surface area contributed by atoms with Gasteiger partial charge in [0.15, 0.2) is 0 Å². The van der Waals surface area contributed by atoms with Gasteiger partial charge in [-0.05, 0) is 19.0 Å². The van der Waals surface area contributed by atoms with E-state index >= 15 is 0 Å². The number of rotatable bonds is 3. The summed E-state index contributed by atoms with van der Waals surface area (Å²) in [5.74, 6) is -2.03. The molecule has 0 saturated heterocycles. The minimum Gasteiger partial charge on any atom is -0.508 e. The maximum Gasteiger partial charge on any atom is 0.395 e. The highest BCUT2D eigenvalue weighted by atomic mass is 19.4. The fraction of sp³-hybridized carbons (Fsp3) is 0.400. The Labute approximate surface area is 85.5 Å². The first-order valence-electron chi connectivity index (χ1n) is 4.51. The lowest BCUT2D eigenvalue weighted by Crippen LogP contribution is -2.23. The van der Waals surface area contributed by atoms with E-state index in [0.717, 1.165) is 0 Å². The number of hydrogen-bond acceptors (Lipinski definition) is 2. The first-order valence-corrected chi connectivity index (χ1v) is 4.51. The molecule has 0 aliphatic heterocycles. The molecule has 3 N–H and O–H groups in total. The molecule has 0 aliphatic carbocycles. The van der Waals surface area contributed by atoms with E-state index in [9.17, 15) is 18.3 Å². The predicted octanol–water partition coefficient (Wildman–Crippen LogP) is 2.39. The van der Waals surface area contributed by atoms with Crippen molar-refractivity contribution >= 4 is 0 Å². The number of para-hydroxylation sites is 1. The summed E-state index contributed by atoms with van der Waals surface area (Å²) in [4.78, 5) is 0. The molecule has 0 bridgehead atoms. The van der Waals surface area contributed by atoms with Crippen molar-refractivity contribution in [3.63, 3.8) is 0 Å². The van der Waals surface area contributed by atoms with Crippen LogP contribution in [0.1, 0.15) is 17.9 Å². The Balaban J connectivity index is 3.05. The van der Waals surface area contributed by atoms with Crippen molar-refractivity contribution in [2.45, 2.75) is 18.5 Å². The standard InChI is InChI=1S/C10H12F3NO/c11-10(12,13)8(5-6-14)7-3-1-2-4-9(7)15/h1-4,8,15H,5-6,14H2. The van der Waals surface area contributed by atoms with Crippen LogP contribution in [0, 0.1) is 0 Å². The van der Waals surface area contributed by atoms with Crippen molar-refractivity contribution in [1.29, 1.82) is 0 Å². The van der Waals surface area contributed by atoms with Crippen molar-refractivity contribution in [2.24, 2.45) is 5.73 Å². The molecule has 1 atom stereocenters. The highest BCUT2D eigenvalue weighted by molar-refractivity contribution is 5.35. The Bertz CT molecular complexity index is 325. The van der Waals surface area contributed by atoms with E-state index in [-0.39, 0.29) is 24.3 Å². The predicted molar refractivity (Wildman–Crippen MR) is 50.6 cm³/mol. The van der Waals surface area contributed by atoms with Gasteiger partial charge >= 0.3 is 6.18 Å². The van der Waals surface area contributed by atoms with E-state index in [1.54, 1.807) is 0 Å². The number of alkyl halides is 3. The topological polar surface area (TPSA) is 46.2 Å². The van der Waals surface area contributed by atoms with Crippen LogP contribution < -0.4 is 5.73 Å². The van der Waals surface area contributed by atoms with Gasteiger partial charge in [0.05, 0.1) is 5.92 Å². The van der Waals surface area contributed by atoms with Gasteiger partial charge < -0.3 is 10.8 Å². The van der Waals surface area contributed by atoms with Gasteiger partial charge in [-0.25, -0.2) is 0 Å². The third-order valence-electron chi connectivity index (χ3n) is 2.16. The molecule has 2 nitrogen and oxygen atoms in total. The Morgan fingerprint density at radius 3 is 2.33 bits per heavy atom. The molecular formula is C10H12F3NO. The number of phenols is 1. The normalized spacial score (nSPS) is 13.9. The molecule has 1 aromatic rings. The molecule has 15 heavy (non-hydrogen) atoms. The van der Waals surface area contributed by atoms with Crippen LogP contribution in [-0.4, -0.2) is 17.8 Å². The second kappa shape index (κ2) is 4.53. The van der Waals surface area contributed by atoms with E-state index in [2.05, 4.69) is 0 Å². The van der Waals surface area contributed by atoms with Crippen LogP contribution in [-0.2, 0) is 0 Å². The number of halogens is 3. The molecule has 0 fully saturated rings. The first-order chi connectivity index (χ1) is 6.96. The number of benzene rings is 1. The summed E-state index contributed by atoms with van der Waals surface area (Å²) in [6, 6.07) is 5.45.